The second-order valence-corrected chi connectivity index (χ2v) is 5.81. The molecule has 0 radical (unpaired) electrons. The molecule has 22 heavy (non-hydrogen) atoms. The van der Waals surface area contributed by atoms with Gasteiger partial charge in [0.1, 0.15) is 21.7 Å². The first-order valence-electron chi connectivity index (χ1n) is 6.64. The standard InChI is InChI=1S/C15H17BrN2O4/c1-7(2)8-5-9(10-6-11(15(19)20)18-17-10)14(22-4)12(16)13(8)21-3/h5-7H,1-4H3,(H,17,18)(H,19,20). The number of carbonyl (C=O) groups is 1. The predicted molar refractivity (Wildman–Crippen MR) is 85.9 cm³/mol. The number of nitrogens with zero attached hydrogens (tertiary/aromatic N) is 1. The summed E-state index contributed by atoms with van der Waals surface area (Å²) in [5, 5.41) is 15.6. The SMILES string of the molecule is COc1c(-c2cc(C(=O)O)[nH]n2)cc(C(C)C)c(OC)c1Br. The molecule has 0 aliphatic heterocycles. The number of carboxylic acid groups (broad SMARTS) is 1. The smallest absolute Gasteiger partial charge is 0.353 e. The van der Waals surface area contributed by atoms with E-state index in [1.807, 2.05) is 19.9 Å². The van der Waals surface area contributed by atoms with Crippen molar-refractivity contribution >= 4 is 21.9 Å². The van der Waals surface area contributed by atoms with E-state index in [9.17, 15) is 4.79 Å². The van der Waals surface area contributed by atoms with Gasteiger partial charge >= 0.3 is 5.97 Å². The maximum Gasteiger partial charge on any atom is 0.353 e. The van der Waals surface area contributed by atoms with Crippen LogP contribution in [-0.2, 0) is 0 Å². The van der Waals surface area contributed by atoms with Crippen LogP contribution in [-0.4, -0.2) is 35.5 Å². The predicted octanol–water partition coefficient (Wildman–Crippen LogP) is 3.68. The zero-order valence-corrected chi connectivity index (χ0v) is 14.3. The van der Waals surface area contributed by atoms with Crippen LogP contribution in [0.25, 0.3) is 11.3 Å². The summed E-state index contributed by atoms with van der Waals surface area (Å²) in [4.78, 5) is 11.0. The van der Waals surface area contributed by atoms with E-state index in [-0.39, 0.29) is 11.6 Å². The lowest BCUT2D eigenvalue weighted by atomic mass is 9.97. The lowest BCUT2D eigenvalue weighted by molar-refractivity contribution is 0.0690. The van der Waals surface area contributed by atoms with Gasteiger partial charge in [-0.1, -0.05) is 13.8 Å². The minimum absolute atomic E-state index is 0.0232. The molecule has 0 bridgehead atoms. The highest BCUT2D eigenvalue weighted by molar-refractivity contribution is 9.10. The molecular formula is C15H17BrN2O4. The van der Waals surface area contributed by atoms with Gasteiger partial charge in [-0.25, -0.2) is 4.79 Å². The molecule has 0 amide bonds. The molecule has 7 heteroatoms. The number of nitrogens with one attached hydrogen (secondary N) is 1. The van der Waals surface area contributed by atoms with Crippen LogP contribution in [0.1, 0.15) is 35.8 Å². The van der Waals surface area contributed by atoms with Crippen LogP contribution < -0.4 is 9.47 Å². The lowest BCUT2D eigenvalue weighted by Gasteiger charge is -2.18. The molecule has 1 aromatic heterocycles. The highest BCUT2D eigenvalue weighted by atomic mass is 79.9. The van der Waals surface area contributed by atoms with E-state index >= 15 is 0 Å². The molecule has 0 fully saturated rings. The number of rotatable bonds is 5. The summed E-state index contributed by atoms with van der Waals surface area (Å²) in [6.07, 6.45) is 0. The van der Waals surface area contributed by atoms with Gasteiger partial charge in [0.2, 0.25) is 0 Å². The van der Waals surface area contributed by atoms with E-state index in [0.717, 1.165) is 5.56 Å². The molecule has 0 spiro atoms. The van der Waals surface area contributed by atoms with Crippen LogP contribution in [0.15, 0.2) is 16.6 Å². The topological polar surface area (TPSA) is 84.4 Å². The van der Waals surface area contributed by atoms with Crippen molar-refractivity contribution in [1.82, 2.24) is 10.2 Å². The molecule has 0 aliphatic rings. The number of methoxy groups -OCH3 is 2. The second kappa shape index (κ2) is 6.39. The van der Waals surface area contributed by atoms with Gasteiger partial charge in [-0.15, -0.1) is 0 Å². The summed E-state index contributed by atoms with van der Waals surface area (Å²) in [6, 6.07) is 3.39. The Labute approximate surface area is 136 Å². The van der Waals surface area contributed by atoms with Crippen LogP contribution in [0.5, 0.6) is 11.5 Å². The molecular weight excluding hydrogens is 352 g/mol. The highest BCUT2D eigenvalue weighted by Gasteiger charge is 2.22. The zero-order chi connectivity index (χ0) is 16.4. The molecule has 0 atom stereocenters. The fourth-order valence-electron chi connectivity index (χ4n) is 2.23. The summed E-state index contributed by atoms with van der Waals surface area (Å²) in [5.74, 6) is 0.400. The third kappa shape index (κ3) is 2.81. The Kier molecular flexibility index (Phi) is 4.75. The Hall–Kier alpha value is -2.02. The van der Waals surface area contributed by atoms with Crippen LogP contribution >= 0.6 is 15.9 Å². The van der Waals surface area contributed by atoms with Gasteiger partial charge < -0.3 is 14.6 Å². The molecule has 2 aromatic rings. The fraction of sp³-hybridized carbons (Fsp3) is 0.333. The third-order valence-electron chi connectivity index (χ3n) is 3.32. The van der Waals surface area contributed by atoms with Crippen LogP contribution in [0.2, 0.25) is 0 Å². The average Bonchev–Trinajstić information content (AvgIpc) is 2.95. The van der Waals surface area contributed by atoms with Gasteiger partial charge in [0.05, 0.1) is 19.9 Å². The lowest BCUT2D eigenvalue weighted by Crippen LogP contribution is -2.00. The number of aromatic nitrogens is 2. The third-order valence-corrected chi connectivity index (χ3v) is 4.04. The first kappa shape index (κ1) is 16.4. The Morgan fingerprint density at radius 1 is 1.27 bits per heavy atom. The van der Waals surface area contributed by atoms with E-state index in [1.165, 1.54) is 6.07 Å². The minimum atomic E-state index is -1.06. The monoisotopic (exact) mass is 368 g/mol. The van der Waals surface area contributed by atoms with Crippen molar-refractivity contribution in [2.75, 3.05) is 14.2 Å². The molecule has 2 N–H and O–H groups in total. The number of benzene rings is 1. The van der Waals surface area contributed by atoms with Gasteiger partial charge in [0, 0.05) is 5.56 Å². The van der Waals surface area contributed by atoms with Gasteiger partial charge in [0.15, 0.2) is 0 Å². The van der Waals surface area contributed by atoms with Crippen molar-refractivity contribution in [1.29, 1.82) is 0 Å². The van der Waals surface area contributed by atoms with Gasteiger partial charge in [-0.3, -0.25) is 5.10 Å². The highest BCUT2D eigenvalue weighted by Crippen LogP contribution is 2.46. The fourth-order valence-corrected chi connectivity index (χ4v) is 3.00. The number of hydrogen-bond donors (Lipinski definition) is 2. The first-order chi connectivity index (χ1) is 10.4. The van der Waals surface area contributed by atoms with Crippen molar-refractivity contribution in [3.05, 3.63) is 27.9 Å². The van der Waals surface area contributed by atoms with Crippen molar-refractivity contribution in [2.24, 2.45) is 0 Å². The van der Waals surface area contributed by atoms with Crippen molar-refractivity contribution < 1.29 is 19.4 Å². The summed E-state index contributed by atoms with van der Waals surface area (Å²) in [6.45, 7) is 4.10. The molecule has 0 saturated carbocycles. The number of carboxylic acids is 1. The maximum absolute atomic E-state index is 11.0. The molecule has 0 saturated heterocycles. The van der Waals surface area contributed by atoms with Crippen LogP contribution in [0, 0.1) is 0 Å². The summed E-state index contributed by atoms with van der Waals surface area (Å²) in [5.41, 5.74) is 2.20. The summed E-state index contributed by atoms with van der Waals surface area (Å²) in [7, 11) is 3.14. The normalized spacial score (nSPS) is 10.8. The van der Waals surface area contributed by atoms with Crippen LogP contribution in [0.4, 0.5) is 0 Å². The molecule has 2 rings (SSSR count). The minimum Gasteiger partial charge on any atom is -0.495 e. The van der Waals surface area contributed by atoms with Crippen molar-refractivity contribution in [3.8, 4) is 22.8 Å². The molecule has 0 aliphatic carbocycles. The van der Waals surface area contributed by atoms with E-state index in [1.54, 1.807) is 14.2 Å². The summed E-state index contributed by atoms with van der Waals surface area (Å²) < 4.78 is 11.6. The van der Waals surface area contributed by atoms with E-state index < -0.39 is 5.97 Å². The number of halogens is 1. The van der Waals surface area contributed by atoms with E-state index in [4.69, 9.17) is 14.6 Å². The Bertz CT molecular complexity index is 710. The van der Waals surface area contributed by atoms with Crippen molar-refractivity contribution in [2.45, 2.75) is 19.8 Å². The van der Waals surface area contributed by atoms with E-state index in [0.29, 0.717) is 27.2 Å². The maximum atomic E-state index is 11.0. The molecule has 0 unspecified atom stereocenters. The number of aromatic carboxylic acids is 1. The Balaban J connectivity index is 2.70. The largest absolute Gasteiger partial charge is 0.495 e. The Morgan fingerprint density at radius 2 is 1.91 bits per heavy atom. The number of H-pyrrole nitrogens is 1. The van der Waals surface area contributed by atoms with Gasteiger partial charge in [0.25, 0.3) is 0 Å². The quantitative estimate of drug-likeness (QED) is 0.840. The molecule has 1 heterocycles. The first-order valence-corrected chi connectivity index (χ1v) is 7.43. The van der Waals surface area contributed by atoms with Gasteiger partial charge in [-0.2, -0.15) is 5.10 Å². The van der Waals surface area contributed by atoms with Crippen LogP contribution in [0.3, 0.4) is 0 Å². The van der Waals surface area contributed by atoms with Gasteiger partial charge in [-0.05, 0) is 39.5 Å². The number of hydrogen-bond acceptors (Lipinski definition) is 4. The zero-order valence-electron chi connectivity index (χ0n) is 12.7. The van der Waals surface area contributed by atoms with E-state index in [2.05, 4.69) is 26.1 Å². The molecule has 6 nitrogen and oxygen atoms in total. The summed E-state index contributed by atoms with van der Waals surface area (Å²) >= 11 is 3.50. The second-order valence-electron chi connectivity index (χ2n) is 5.02. The average molecular weight is 369 g/mol. The number of aromatic amines is 1. The number of ether oxygens (including phenoxy) is 2. The molecule has 1 aromatic carbocycles. The Morgan fingerprint density at radius 3 is 2.36 bits per heavy atom. The van der Waals surface area contributed by atoms with Crippen molar-refractivity contribution in [3.63, 3.8) is 0 Å². The molecule has 118 valence electrons.